The van der Waals surface area contributed by atoms with Gasteiger partial charge in [0.05, 0.1) is 39.2 Å². The minimum atomic E-state index is -0.172. The number of hydrogen-bond acceptors (Lipinski definition) is 4. The van der Waals surface area contributed by atoms with Gasteiger partial charge in [-0.05, 0) is 134 Å². The number of para-hydroxylation sites is 4. The highest BCUT2D eigenvalue weighted by atomic mass is 16.3. The SMILES string of the molecule is CC(C)(C)c1ccc(N(c2ccc(C(C)(C)C)cc2)c2ccc3c(c2)N(c2cccc4oc5ccccc5c24)c2cc(C(C)(C)C)cc4c2B3c2cccc3c2N4c2cccc4c5ccccc5n-3c24)cc1. The van der Waals surface area contributed by atoms with Crippen molar-refractivity contribution in [1.29, 1.82) is 0 Å². The normalized spacial score (nSPS) is 13.8. The summed E-state index contributed by atoms with van der Waals surface area (Å²) in [5.41, 5.74) is 23.5. The number of nitrogens with zero attached hydrogens (tertiary/aromatic N) is 4. The van der Waals surface area contributed by atoms with E-state index in [0.29, 0.717) is 0 Å². The van der Waals surface area contributed by atoms with Gasteiger partial charge < -0.3 is 23.7 Å². The summed E-state index contributed by atoms with van der Waals surface area (Å²) in [5, 5.41) is 4.75. The van der Waals surface area contributed by atoms with E-state index in [1.807, 2.05) is 0 Å². The molecular weight excluding hydrogens is 876 g/mol. The molecule has 0 aliphatic carbocycles. The zero-order valence-corrected chi connectivity index (χ0v) is 42.6. The molecule has 5 heterocycles. The summed E-state index contributed by atoms with van der Waals surface area (Å²) in [7, 11) is 0. The molecule has 72 heavy (non-hydrogen) atoms. The van der Waals surface area contributed by atoms with Crippen LogP contribution in [-0.4, -0.2) is 11.3 Å². The lowest BCUT2D eigenvalue weighted by molar-refractivity contribution is 0.590. The third-order valence-corrected chi connectivity index (χ3v) is 15.9. The highest BCUT2D eigenvalue weighted by Crippen LogP contribution is 2.54. The Morgan fingerprint density at radius 3 is 1.65 bits per heavy atom. The van der Waals surface area contributed by atoms with Crippen molar-refractivity contribution in [3.05, 3.63) is 199 Å². The lowest BCUT2D eigenvalue weighted by Crippen LogP contribution is -2.62. The van der Waals surface area contributed by atoms with Crippen LogP contribution in [0.4, 0.5) is 51.2 Å². The molecule has 5 nitrogen and oxygen atoms in total. The fourth-order valence-electron chi connectivity index (χ4n) is 12.3. The monoisotopic (exact) mass is 932 g/mol. The molecule has 0 saturated carbocycles. The van der Waals surface area contributed by atoms with Crippen LogP contribution in [0.1, 0.15) is 79.0 Å². The van der Waals surface area contributed by atoms with E-state index >= 15 is 0 Å². The zero-order chi connectivity index (χ0) is 49.2. The Labute approximate surface area is 422 Å². The molecule has 0 saturated heterocycles. The predicted octanol–water partition coefficient (Wildman–Crippen LogP) is 16.4. The van der Waals surface area contributed by atoms with Crippen LogP contribution < -0.4 is 31.1 Å². The fourth-order valence-corrected chi connectivity index (χ4v) is 12.3. The van der Waals surface area contributed by atoms with Gasteiger partial charge in [0.1, 0.15) is 11.2 Å². The molecule has 3 aliphatic heterocycles. The van der Waals surface area contributed by atoms with Crippen molar-refractivity contribution in [3.63, 3.8) is 0 Å². The lowest BCUT2D eigenvalue weighted by Gasteiger charge is -2.47. The molecular formula is C66H57BN4O. The maximum Gasteiger partial charge on any atom is 0.252 e. The summed E-state index contributed by atoms with van der Waals surface area (Å²) < 4.78 is 9.24. The van der Waals surface area contributed by atoms with Gasteiger partial charge in [-0.3, -0.25) is 0 Å². The van der Waals surface area contributed by atoms with E-state index in [1.54, 1.807) is 0 Å². The van der Waals surface area contributed by atoms with Crippen LogP contribution in [0, 0.1) is 0 Å². The Bertz CT molecular complexity index is 4010. The summed E-state index contributed by atoms with van der Waals surface area (Å²) in [5.74, 6) is 0. The molecule has 0 amide bonds. The van der Waals surface area contributed by atoms with Crippen molar-refractivity contribution in [3.8, 4) is 5.69 Å². The van der Waals surface area contributed by atoms with Gasteiger partial charge in [0.25, 0.3) is 6.71 Å². The average molecular weight is 933 g/mol. The zero-order valence-electron chi connectivity index (χ0n) is 42.6. The summed E-state index contributed by atoms with van der Waals surface area (Å²) >= 11 is 0. The van der Waals surface area contributed by atoms with Crippen LogP contribution in [-0.2, 0) is 16.2 Å². The molecule has 0 bridgehead atoms. The molecule has 0 unspecified atom stereocenters. The quantitative estimate of drug-likeness (QED) is 0.164. The third-order valence-electron chi connectivity index (χ3n) is 15.9. The van der Waals surface area contributed by atoms with Crippen molar-refractivity contribution in [2.45, 2.75) is 78.6 Å². The number of hydrogen-bond donors (Lipinski definition) is 0. The number of fused-ring (bicyclic) bond motifs is 12. The summed E-state index contributed by atoms with van der Waals surface area (Å²) in [6.45, 7) is 20.7. The molecule has 350 valence electrons. The van der Waals surface area contributed by atoms with Gasteiger partial charge in [0.15, 0.2) is 0 Å². The first-order valence-electron chi connectivity index (χ1n) is 25.6. The number of furan rings is 1. The molecule has 3 aliphatic rings. The Morgan fingerprint density at radius 2 is 0.958 bits per heavy atom. The number of anilines is 9. The summed E-state index contributed by atoms with van der Waals surface area (Å²) in [4.78, 5) is 7.66. The van der Waals surface area contributed by atoms with Crippen LogP contribution in [0.15, 0.2) is 186 Å². The van der Waals surface area contributed by atoms with Crippen LogP contribution in [0.25, 0.3) is 49.4 Å². The second-order valence-corrected chi connectivity index (χ2v) is 23.4. The molecule has 6 heteroatoms. The Kier molecular flexibility index (Phi) is 8.82. The highest BCUT2D eigenvalue weighted by Gasteiger charge is 2.47. The van der Waals surface area contributed by atoms with E-state index in [9.17, 15) is 0 Å². The van der Waals surface area contributed by atoms with Crippen molar-refractivity contribution in [2.24, 2.45) is 0 Å². The van der Waals surface area contributed by atoms with Crippen molar-refractivity contribution >= 4 is 118 Å². The maximum atomic E-state index is 6.71. The predicted molar refractivity (Wildman–Crippen MR) is 306 cm³/mol. The average Bonchev–Trinajstić information content (AvgIpc) is 3.92. The van der Waals surface area contributed by atoms with Crippen LogP contribution >= 0.6 is 0 Å². The maximum absolute atomic E-state index is 6.71. The minimum absolute atomic E-state index is 0.0230. The number of rotatable bonds is 4. The second-order valence-electron chi connectivity index (χ2n) is 23.4. The molecule has 0 fully saturated rings. The second kappa shape index (κ2) is 14.8. The van der Waals surface area contributed by atoms with Crippen molar-refractivity contribution in [2.75, 3.05) is 14.7 Å². The summed E-state index contributed by atoms with van der Waals surface area (Å²) in [6.07, 6.45) is 0. The van der Waals surface area contributed by atoms with E-state index in [-0.39, 0.29) is 23.0 Å². The number of benzene rings is 9. The topological polar surface area (TPSA) is 27.8 Å². The van der Waals surface area contributed by atoms with Gasteiger partial charge in [-0.15, -0.1) is 0 Å². The van der Waals surface area contributed by atoms with Crippen LogP contribution in [0.2, 0.25) is 0 Å². The van der Waals surface area contributed by atoms with Crippen molar-refractivity contribution < 1.29 is 4.42 Å². The summed E-state index contributed by atoms with van der Waals surface area (Å²) in [6, 6.07) is 68.7. The molecule has 11 aromatic rings. The van der Waals surface area contributed by atoms with E-state index < -0.39 is 0 Å². The first kappa shape index (κ1) is 42.9. The van der Waals surface area contributed by atoms with Gasteiger partial charge in [0, 0.05) is 50.3 Å². The Hall–Kier alpha value is -7.96. The van der Waals surface area contributed by atoms with Crippen molar-refractivity contribution in [1.82, 2.24) is 4.57 Å². The first-order chi connectivity index (χ1) is 34.6. The lowest BCUT2D eigenvalue weighted by atomic mass is 9.33. The highest BCUT2D eigenvalue weighted by molar-refractivity contribution is 7.00. The van der Waals surface area contributed by atoms with Gasteiger partial charge in [0.2, 0.25) is 0 Å². The van der Waals surface area contributed by atoms with Crippen LogP contribution in [0.3, 0.4) is 0 Å². The first-order valence-corrected chi connectivity index (χ1v) is 25.6. The molecule has 2 aromatic heterocycles. The molecule has 9 aromatic carbocycles. The smallest absolute Gasteiger partial charge is 0.252 e. The van der Waals surface area contributed by atoms with E-state index in [2.05, 4.69) is 264 Å². The molecule has 0 spiro atoms. The van der Waals surface area contributed by atoms with E-state index in [0.717, 1.165) is 50.4 Å². The molecule has 14 rings (SSSR count). The molecule has 0 radical (unpaired) electrons. The standard InChI is InChI=1S/C66H57BN4O/c1-64(2,3)40-27-31-43(32-28-40)68(44-33-29-41(30-34-44)65(4,5)6)45-35-36-49-55(39-45)69(52-22-16-26-59-60(52)48-18-11-13-25-58(48)72-59)56-37-42(66(7,8)9)38-57-61(56)67(49)50-20-15-24-54-63(50)71(57)53-23-14-19-47-46-17-10-12-21-51(46)70(54)62(47)53/h10-39H,1-9H3. The third kappa shape index (κ3) is 6.08. The van der Waals surface area contributed by atoms with Gasteiger partial charge >= 0.3 is 0 Å². The van der Waals surface area contributed by atoms with Gasteiger partial charge in [-0.1, -0.05) is 159 Å². The minimum Gasteiger partial charge on any atom is -0.456 e. The van der Waals surface area contributed by atoms with Gasteiger partial charge in [-0.2, -0.15) is 0 Å². The van der Waals surface area contributed by atoms with E-state index in [4.69, 9.17) is 4.42 Å². The molecule has 0 N–H and O–H groups in total. The fraction of sp³-hybridized carbons (Fsp3) is 0.182. The Morgan fingerprint density at radius 1 is 0.403 bits per heavy atom. The van der Waals surface area contributed by atoms with Crippen LogP contribution in [0.5, 0.6) is 0 Å². The van der Waals surface area contributed by atoms with E-state index in [1.165, 1.54) is 83.3 Å². The molecule has 0 atom stereocenters. The van der Waals surface area contributed by atoms with Gasteiger partial charge in [-0.25, -0.2) is 0 Å². The Balaban J connectivity index is 1.10. The number of aromatic nitrogens is 1. The largest absolute Gasteiger partial charge is 0.456 e.